The van der Waals surface area contributed by atoms with Gasteiger partial charge in [-0.05, 0) is 50.6 Å². The zero-order valence-electron chi connectivity index (χ0n) is 16.2. The summed E-state index contributed by atoms with van der Waals surface area (Å²) in [6, 6.07) is 1.98. The van der Waals surface area contributed by atoms with Gasteiger partial charge in [0, 0.05) is 24.6 Å². The summed E-state index contributed by atoms with van der Waals surface area (Å²) in [5.74, 6) is 1.44. The molecule has 4 heterocycles. The molecule has 0 fully saturated rings. The second kappa shape index (κ2) is 7.38. The molecule has 4 rings (SSSR count). The molecule has 0 bridgehead atoms. The predicted octanol–water partition coefficient (Wildman–Crippen LogP) is 2.20. The van der Waals surface area contributed by atoms with Gasteiger partial charge in [0.2, 0.25) is 0 Å². The van der Waals surface area contributed by atoms with E-state index in [9.17, 15) is 9.59 Å². The number of carbonyl (C=O) groups excluding carboxylic acids is 1. The summed E-state index contributed by atoms with van der Waals surface area (Å²) >= 11 is 1.45. The largest absolute Gasteiger partial charge is 0.361 e. The van der Waals surface area contributed by atoms with Crippen LogP contribution in [0.25, 0.3) is 0 Å². The van der Waals surface area contributed by atoms with Crippen LogP contribution < -0.4 is 11.0 Å². The van der Waals surface area contributed by atoms with E-state index in [1.54, 1.807) is 4.57 Å². The van der Waals surface area contributed by atoms with Gasteiger partial charge in [0.15, 0.2) is 0 Å². The molecule has 0 saturated heterocycles. The Morgan fingerprint density at radius 1 is 1.36 bits per heavy atom. The van der Waals surface area contributed by atoms with Crippen LogP contribution in [0.2, 0.25) is 0 Å². The number of aromatic nitrogens is 4. The topological polar surface area (TPSA) is 95.0 Å². The van der Waals surface area contributed by atoms with Gasteiger partial charge in [-0.3, -0.25) is 9.36 Å². The molecule has 0 radical (unpaired) electrons. The van der Waals surface area contributed by atoms with Crippen molar-refractivity contribution in [2.24, 2.45) is 0 Å². The molecule has 148 valence electrons. The molecular weight excluding hydrogens is 378 g/mol. The lowest BCUT2D eigenvalue weighted by molar-refractivity contribution is 0.0936. The van der Waals surface area contributed by atoms with Gasteiger partial charge in [-0.25, -0.2) is 9.48 Å². The van der Waals surface area contributed by atoms with Crippen LogP contribution in [0, 0.1) is 20.8 Å². The number of hydrogen-bond donors (Lipinski definition) is 1. The Labute approximate surface area is 166 Å². The highest BCUT2D eigenvalue weighted by Gasteiger charge is 2.24. The van der Waals surface area contributed by atoms with Gasteiger partial charge in [0.05, 0.1) is 17.1 Å². The van der Waals surface area contributed by atoms with Crippen LogP contribution in [0.4, 0.5) is 0 Å². The van der Waals surface area contributed by atoms with Crippen molar-refractivity contribution in [2.45, 2.75) is 59.2 Å². The summed E-state index contributed by atoms with van der Waals surface area (Å²) in [6.07, 6.45) is 2.12. The zero-order chi connectivity index (χ0) is 19.8. The molecule has 1 N–H and O–H groups in total. The highest BCUT2D eigenvalue weighted by Crippen LogP contribution is 2.18. The number of rotatable bonds is 4. The third-order valence-electron chi connectivity index (χ3n) is 5.31. The fourth-order valence-corrected chi connectivity index (χ4v) is 4.44. The van der Waals surface area contributed by atoms with E-state index < -0.39 is 0 Å². The molecule has 1 aliphatic heterocycles. The van der Waals surface area contributed by atoms with Gasteiger partial charge in [0.25, 0.3) is 5.91 Å². The van der Waals surface area contributed by atoms with Gasteiger partial charge >= 0.3 is 5.69 Å². The van der Waals surface area contributed by atoms with Crippen molar-refractivity contribution >= 4 is 17.2 Å². The lowest BCUT2D eigenvalue weighted by atomic mass is 10.1. The minimum absolute atomic E-state index is 0.0334. The first-order valence-corrected chi connectivity index (χ1v) is 10.2. The van der Waals surface area contributed by atoms with Crippen molar-refractivity contribution < 1.29 is 9.32 Å². The van der Waals surface area contributed by atoms with Gasteiger partial charge in [-0.15, -0.1) is 11.3 Å². The third kappa shape index (κ3) is 3.42. The van der Waals surface area contributed by atoms with Crippen LogP contribution in [0.3, 0.4) is 0 Å². The van der Waals surface area contributed by atoms with Crippen molar-refractivity contribution in [3.63, 3.8) is 0 Å². The van der Waals surface area contributed by atoms with E-state index >= 15 is 0 Å². The number of fused-ring (bicyclic) bond motifs is 1. The molecule has 8 nitrogen and oxygen atoms in total. The molecule has 0 spiro atoms. The van der Waals surface area contributed by atoms with Crippen LogP contribution in [0.15, 0.2) is 20.8 Å². The standard InChI is InChI=1S/C19H23N5O3S/c1-11-7-9-28-17(11)18(25)20-14-4-5-16-21-24(19(26)23(16)8-6-14)10-15-12(2)22-27-13(15)3/h7,9,14H,4-6,8,10H2,1-3H3,(H,20,25). The molecule has 1 aliphatic rings. The first kappa shape index (κ1) is 18.7. The van der Waals surface area contributed by atoms with Crippen LogP contribution in [-0.4, -0.2) is 31.5 Å². The molecule has 1 amide bonds. The molecule has 1 unspecified atom stereocenters. The predicted molar refractivity (Wildman–Crippen MR) is 105 cm³/mol. The van der Waals surface area contributed by atoms with E-state index in [1.807, 2.05) is 32.2 Å². The Morgan fingerprint density at radius 3 is 2.86 bits per heavy atom. The monoisotopic (exact) mass is 401 g/mol. The van der Waals surface area contributed by atoms with E-state index in [1.165, 1.54) is 16.0 Å². The van der Waals surface area contributed by atoms with Crippen molar-refractivity contribution in [2.75, 3.05) is 0 Å². The Hall–Kier alpha value is -2.68. The fourth-order valence-electron chi connectivity index (χ4n) is 3.61. The number of hydrogen-bond acceptors (Lipinski definition) is 6. The van der Waals surface area contributed by atoms with Crippen molar-refractivity contribution in [3.8, 4) is 0 Å². The molecule has 0 aliphatic carbocycles. The number of amides is 1. The molecule has 9 heteroatoms. The highest BCUT2D eigenvalue weighted by atomic mass is 32.1. The number of aryl methyl sites for hydroxylation is 4. The highest BCUT2D eigenvalue weighted by molar-refractivity contribution is 7.12. The summed E-state index contributed by atoms with van der Waals surface area (Å²) in [4.78, 5) is 26.0. The molecule has 1 atom stereocenters. The Kier molecular flexibility index (Phi) is 4.92. The number of thiophene rings is 1. The summed E-state index contributed by atoms with van der Waals surface area (Å²) in [7, 11) is 0. The molecule has 3 aromatic heterocycles. The zero-order valence-corrected chi connectivity index (χ0v) is 17.0. The van der Waals surface area contributed by atoms with E-state index in [2.05, 4.69) is 15.6 Å². The third-order valence-corrected chi connectivity index (χ3v) is 6.32. The molecule has 0 aromatic carbocycles. The molecular formula is C19H23N5O3S. The minimum Gasteiger partial charge on any atom is -0.361 e. The second-order valence-corrected chi connectivity index (χ2v) is 8.16. The molecule has 28 heavy (non-hydrogen) atoms. The number of carbonyl (C=O) groups is 1. The SMILES string of the molecule is Cc1ccsc1C(=O)NC1CCc2nn(Cc3c(C)noc3C)c(=O)n2CC1. The summed E-state index contributed by atoms with van der Waals surface area (Å²) in [5.41, 5.74) is 2.54. The quantitative estimate of drug-likeness (QED) is 0.723. The van der Waals surface area contributed by atoms with E-state index in [4.69, 9.17) is 4.52 Å². The Balaban J connectivity index is 1.46. The lowest BCUT2D eigenvalue weighted by Gasteiger charge is -2.15. The Bertz CT molecular complexity index is 1050. The minimum atomic E-state index is -0.129. The number of nitrogens with zero attached hydrogens (tertiary/aromatic N) is 4. The van der Waals surface area contributed by atoms with Gasteiger partial charge in [0.1, 0.15) is 11.6 Å². The van der Waals surface area contributed by atoms with Gasteiger partial charge in [-0.2, -0.15) is 5.10 Å². The summed E-state index contributed by atoms with van der Waals surface area (Å²) in [5, 5.41) is 13.5. The van der Waals surface area contributed by atoms with Crippen molar-refractivity contribution in [1.82, 2.24) is 24.8 Å². The average Bonchev–Trinajstić information content (AvgIpc) is 3.27. The van der Waals surface area contributed by atoms with Crippen molar-refractivity contribution in [3.05, 3.63) is 55.2 Å². The van der Waals surface area contributed by atoms with E-state index in [0.717, 1.165) is 33.9 Å². The summed E-state index contributed by atoms with van der Waals surface area (Å²) < 4.78 is 8.38. The maximum Gasteiger partial charge on any atom is 0.346 e. The lowest BCUT2D eigenvalue weighted by Crippen LogP contribution is -2.35. The summed E-state index contributed by atoms with van der Waals surface area (Å²) in [6.45, 7) is 6.54. The van der Waals surface area contributed by atoms with Crippen LogP contribution >= 0.6 is 11.3 Å². The van der Waals surface area contributed by atoms with Crippen molar-refractivity contribution in [1.29, 1.82) is 0 Å². The van der Waals surface area contributed by atoms with E-state index in [0.29, 0.717) is 31.7 Å². The van der Waals surface area contributed by atoms with E-state index in [-0.39, 0.29) is 17.6 Å². The molecule has 3 aromatic rings. The first-order chi connectivity index (χ1) is 13.4. The Morgan fingerprint density at radius 2 is 2.18 bits per heavy atom. The molecule has 0 saturated carbocycles. The average molecular weight is 401 g/mol. The van der Waals surface area contributed by atoms with Crippen LogP contribution in [0.5, 0.6) is 0 Å². The fraction of sp³-hybridized carbons (Fsp3) is 0.474. The van der Waals surface area contributed by atoms with Gasteiger partial charge < -0.3 is 9.84 Å². The maximum atomic E-state index is 12.8. The maximum absolute atomic E-state index is 12.8. The van der Waals surface area contributed by atoms with Crippen LogP contribution in [-0.2, 0) is 19.5 Å². The van der Waals surface area contributed by atoms with Crippen LogP contribution in [0.1, 0.15) is 50.9 Å². The smallest absolute Gasteiger partial charge is 0.346 e. The normalized spacial score (nSPS) is 16.6. The first-order valence-electron chi connectivity index (χ1n) is 9.37. The second-order valence-electron chi connectivity index (χ2n) is 7.24. The van der Waals surface area contributed by atoms with Gasteiger partial charge in [-0.1, -0.05) is 5.16 Å². The number of nitrogens with one attached hydrogen (secondary N) is 1.